The van der Waals surface area contributed by atoms with Crippen LogP contribution in [0, 0.1) is 6.92 Å². The second-order valence-corrected chi connectivity index (χ2v) is 9.31. The molecule has 3 rings (SSSR count). The van der Waals surface area contributed by atoms with E-state index in [1.165, 1.54) is 11.8 Å². The highest BCUT2D eigenvalue weighted by Gasteiger charge is 2.14. The van der Waals surface area contributed by atoms with E-state index in [9.17, 15) is 4.79 Å². The molecule has 0 atom stereocenters. The first-order valence-corrected chi connectivity index (χ1v) is 12.9. The fraction of sp³-hybridized carbons (Fsp3) is 0.320. The van der Waals surface area contributed by atoms with Crippen molar-refractivity contribution in [2.75, 3.05) is 24.3 Å². The number of hydrogen-bond donors (Lipinski definition) is 1. The average Bonchev–Trinajstić information content (AvgIpc) is 3.19. The number of hydrogen-bond acceptors (Lipinski definition) is 6. The molecule has 34 heavy (non-hydrogen) atoms. The van der Waals surface area contributed by atoms with Crippen LogP contribution in [0.3, 0.4) is 0 Å². The minimum absolute atomic E-state index is 0.109. The van der Waals surface area contributed by atoms with Crippen molar-refractivity contribution in [1.82, 2.24) is 14.8 Å². The summed E-state index contributed by atoms with van der Waals surface area (Å²) in [5, 5.41) is 12.2. The largest absolute Gasteiger partial charge is 0.494 e. The van der Waals surface area contributed by atoms with E-state index in [2.05, 4.69) is 38.0 Å². The van der Waals surface area contributed by atoms with Gasteiger partial charge in [-0.3, -0.25) is 4.79 Å². The van der Waals surface area contributed by atoms with Crippen molar-refractivity contribution in [3.63, 3.8) is 0 Å². The van der Waals surface area contributed by atoms with Crippen LogP contribution < -0.4 is 14.8 Å². The molecule has 0 fully saturated rings. The molecule has 7 nitrogen and oxygen atoms in total. The number of carbonyl (C=O) groups is 1. The highest BCUT2D eigenvalue weighted by molar-refractivity contribution is 9.10. The van der Waals surface area contributed by atoms with Crippen LogP contribution >= 0.6 is 27.7 Å². The van der Waals surface area contributed by atoms with E-state index in [1.807, 2.05) is 60.9 Å². The maximum atomic E-state index is 12.4. The molecular formula is C25H29BrN4O3S. The topological polar surface area (TPSA) is 78.3 Å². The predicted molar refractivity (Wildman–Crippen MR) is 140 cm³/mol. The fourth-order valence-electron chi connectivity index (χ4n) is 3.24. The smallest absolute Gasteiger partial charge is 0.234 e. The molecule has 9 heteroatoms. The van der Waals surface area contributed by atoms with Crippen molar-refractivity contribution < 1.29 is 14.3 Å². The average molecular weight is 546 g/mol. The van der Waals surface area contributed by atoms with Crippen LogP contribution in [0.1, 0.15) is 24.7 Å². The standard InChI is InChI=1S/C25H29BrN4O3S/c1-4-14-30-23(7-6-15-33-22-13-8-19(26)16-18(22)3)28-29-25(30)34-17-24(31)27-20-9-11-21(12-10-20)32-5-2/h4,8-13,16H,1,5-7,14-15,17H2,2-3H3,(H,27,31). The lowest BCUT2D eigenvalue weighted by Crippen LogP contribution is -2.15. The summed E-state index contributed by atoms with van der Waals surface area (Å²) < 4.78 is 14.4. The van der Waals surface area contributed by atoms with E-state index in [4.69, 9.17) is 9.47 Å². The van der Waals surface area contributed by atoms with E-state index in [0.29, 0.717) is 24.9 Å². The van der Waals surface area contributed by atoms with Crippen LogP contribution in [0.2, 0.25) is 0 Å². The highest BCUT2D eigenvalue weighted by atomic mass is 79.9. The summed E-state index contributed by atoms with van der Waals surface area (Å²) >= 11 is 4.82. The number of rotatable bonds is 13. The Bertz CT molecular complexity index is 1100. The van der Waals surface area contributed by atoms with Gasteiger partial charge in [0.1, 0.15) is 17.3 Å². The minimum atomic E-state index is -0.109. The fourth-order valence-corrected chi connectivity index (χ4v) is 4.48. The lowest BCUT2D eigenvalue weighted by atomic mass is 10.2. The minimum Gasteiger partial charge on any atom is -0.494 e. The molecule has 1 amide bonds. The number of aromatic nitrogens is 3. The summed E-state index contributed by atoms with van der Waals surface area (Å²) in [6.45, 7) is 9.56. The summed E-state index contributed by atoms with van der Waals surface area (Å²) in [4.78, 5) is 12.4. The van der Waals surface area contributed by atoms with Gasteiger partial charge < -0.3 is 19.4 Å². The summed E-state index contributed by atoms with van der Waals surface area (Å²) in [5.74, 6) is 2.63. The number of thioether (sulfide) groups is 1. The zero-order chi connectivity index (χ0) is 24.3. The summed E-state index contributed by atoms with van der Waals surface area (Å²) in [7, 11) is 0. The zero-order valence-electron chi connectivity index (χ0n) is 19.4. The first-order valence-electron chi connectivity index (χ1n) is 11.1. The molecule has 0 saturated heterocycles. The third-order valence-electron chi connectivity index (χ3n) is 4.83. The van der Waals surface area contributed by atoms with Gasteiger partial charge in [0.25, 0.3) is 0 Å². The number of benzene rings is 2. The SMILES string of the molecule is C=CCn1c(CCCOc2ccc(Br)cc2C)nnc1SCC(=O)Nc1ccc(OCC)cc1. The number of anilines is 1. The van der Waals surface area contributed by atoms with Crippen LogP contribution in [0.25, 0.3) is 0 Å². The second-order valence-electron chi connectivity index (χ2n) is 7.45. The van der Waals surface area contributed by atoms with Gasteiger partial charge >= 0.3 is 0 Å². The number of carbonyl (C=O) groups excluding carboxylic acids is 1. The Hall–Kier alpha value is -2.78. The third kappa shape index (κ3) is 7.63. The summed E-state index contributed by atoms with van der Waals surface area (Å²) in [6.07, 6.45) is 3.32. The lowest BCUT2D eigenvalue weighted by molar-refractivity contribution is -0.113. The van der Waals surface area contributed by atoms with Gasteiger partial charge in [-0.15, -0.1) is 16.8 Å². The van der Waals surface area contributed by atoms with Crippen molar-refractivity contribution in [1.29, 1.82) is 0 Å². The first kappa shape index (κ1) is 25.8. The first-order chi connectivity index (χ1) is 16.5. The van der Waals surface area contributed by atoms with Gasteiger partial charge in [-0.05, 0) is 68.3 Å². The van der Waals surface area contributed by atoms with Gasteiger partial charge in [0.2, 0.25) is 5.91 Å². The molecule has 3 aromatic rings. The number of allylic oxidation sites excluding steroid dienone is 1. The van der Waals surface area contributed by atoms with Crippen LogP contribution in [0.15, 0.2) is 64.7 Å². The number of ether oxygens (including phenoxy) is 2. The molecule has 0 spiro atoms. The normalized spacial score (nSPS) is 10.7. The van der Waals surface area contributed by atoms with E-state index in [0.717, 1.165) is 45.9 Å². The summed E-state index contributed by atoms with van der Waals surface area (Å²) in [6, 6.07) is 13.3. The summed E-state index contributed by atoms with van der Waals surface area (Å²) in [5.41, 5.74) is 1.81. The molecule has 1 N–H and O–H groups in total. The van der Waals surface area contributed by atoms with Gasteiger partial charge in [-0.25, -0.2) is 0 Å². The quantitative estimate of drug-likeness (QED) is 0.169. The van der Waals surface area contributed by atoms with Crippen LogP contribution in [-0.4, -0.2) is 39.6 Å². The lowest BCUT2D eigenvalue weighted by Gasteiger charge is -2.10. The Morgan fingerprint density at radius 3 is 2.71 bits per heavy atom. The van der Waals surface area contributed by atoms with E-state index < -0.39 is 0 Å². The number of nitrogens with one attached hydrogen (secondary N) is 1. The molecule has 0 aliphatic carbocycles. The number of halogens is 1. The van der Waals surface area contributed by atoms with Gasteiger partial charge in [0.15, 0.2) is 5.16 Å². The van der Waals surface area contributed by atoms with Crippen LogP contribution in [0.5, 0.6) is 11.5 Å². The molecular weight excluding hydrogens is 516 g/mol. The molecule has 0 radical (unpaired) electrons. The molecule has 0 bridgehead atoms. The Balaban J connectivity index is 1.50. The monoisotopic (exact) mass is 544 g/mol. The molecule has 2 aromatic carbocycles. The Morgan fingerprint density at radius 1 is 1.21 bits per heavy atom. The molecule has 0 aliphatic rings. The Labute approximate surface area is 213 Å². The van der Waals surface area contributed by atoms with E-state index >= 15 is 0 Å². The highest BCUT2D eigenvalue weighted by Crippen LogP contribution is 2.23. The number of amides is 1. The van der Waals surface area contributed by atoms with Crippen molar-refractivity contribution in [2.24, 2.45) is 0 Å². The van der Waals surface area contributed by atoms with Crippen molar-refractivity contribution >= 4 is 39.3 Å². The van der Waals surface area contributed by atoms with Crippen LogP contribution in [-0.2, 0) is 17.8 Å². The van der Waals surface area contributed by atoms with Gasteiger partial charge in [-0.1, -0.05) is 33.8 Å². The molecule has 1 aromatic heterocycles. The van der Waals surface area contributed by atoms with Gasteiger partial charge in [0, 0.05) is 23.1 Å². The predicted octanol–water partition coefficient (Wildman–Crippen LogP) is 5.68. The molecule has 0 aliphatic heterocycles. The second kappa shape index (κ2) is 13.2. The zero-order valence-corrected chi connectivity index (χ0v) is 21.8. The van der Waals surface area contributed by atoms with Crippen LogP contribution in [0.4, 0.5) is 5.69 Å². The van der Waals surface area contributed by atoms with Gasteiger partial charge in [0.05, 0.1) is 19.0 Å². The molecule has 0 saturated carbocycles. The van der Waals surface area contributed by atoms with Gasteiger partial charge in [-0.2, -0.15) is 0 Å². The van der Waals surface area contributed by atoms with Crippen molar-refractivity contribution in [3.05, 3.63) is 71.0 Å². The number of aryl methyl sites for hydroxylation is 2. The number of nitrogens with zero attached hydrogens (tertiary/aromatic N) is 3. The van der Waals surface area contributed by atoms with Crippen molar-refractivity contribution in [2.45, 2.75) is 38.4 Å². The molecule has 1 heterocycles. The molecule has 180 valence electrons. The molecule has 0 unspecified atom stereocenters. The van der Waals surface area contributed by atoms with E-state index in [-0.39, 0.29) is 11.7 Å². The maximum absolute atomic E-state index is 12.4. The Kier molecular flexibility index (Phi) is 10.0. The Morgan fingerprint density at radius 2 is 2.00 bits per heavy atom. The maximum Gasteiger partial charge on any atom is 0.234 e. The van der Waals surface area contributed by atoms with Crippen molar-refractivity contribution in [3.8, 4) is 11.5 Å². The third-order valence-corrected chi connectivity index (χ3v) is 6.29. The van der Waals surface area contributed by atoms with E-state index in [1.54, 1.807) is 6.08 Å².